The quantitative estimate of drug-likeness (QED) is 0.749. The van der Waals surface area contributed by atoms with Crippen molar-refractivity contribution in [3.8, 4) is 0 Å². The second-order valence-corrected chi connectivity index (χ2v) is 9.53. The van der Waals surface area contributed by atoms with Crippen LogP contribution in [0.25, 0.3) is 0 Å². The van der Waals surface area contributed by atoms with E-state index in [4.69, 9.17) is 16.3 Å². The number of hydrogen-bond donors (Lipinski definition) is 2. The molecule has 1 aromatic rings. The zero-order valence-corrected chi connectivity index (χ0v) is 15.1. The molecule has 1 aliphatic rings. The number of halogens is 1. The normalized spacial score (nSPS) is 22.9. The molecular formula is C13H17ClN2O6S2. The first-order chi connectivity index (χ1) is 11.1. The van der Waals surface area contributed by atoms with Crippen LogP contribution < -0.4 is 10.0 Å². The lowest BCUT2D eigenvalue weighted by molar-refractivity contribution is 0.148. The number of rotatable bonds is 5. The molecule has 8 nitrogen and oxygen atoms in total. The molecule has 1 aliphatic heterocycles. The van der Waals surface area contributed by atoms with E-state index in [1.165, 1.54) is 24.3 Å². The Labute approximate surface area is 145 Å². The Bertz CT molecular complexity index is 807. The second kappa shape index (κ2) is 7.26. The fourth-order valence-electron chi connectivity index (χ4n) is 2.31. The molecule has 2 rings (SSSR count). The molecular weight excluding hydrogens is 380 g/mol. The molecule has 0 bridgehead atoms. The first-order valence-corrected chi connectivity index (χ1v) is 10.7. The number of nitrogens with one attached hydrogen (secondary N) is 2. The van der Waals surface area contributed by atoms with Gasteiger partial charge in [-0.05, 0) is 31.2 Å². The highest BCUT2D eigenvalue weighted by molar-refractivity contribution is 7.92. The molecule has 1 heterocycles. The highest BCUT2D eigenvalue weighted by Crippen LogP contribution is 2.18. The van der Waals surface area contributed by atoms with Gasteiger partial charge < -0.3 is 10.1 Å². The van der Waals surface area contributed by atoms with Crippen molar-refractivity contribution >= 4 is 37.6 Å². The Hall–Kier alpha value is -1.36. The van der Waals surface area contributed by atoms with Gasteiger partial charge >= 0.3 is 6.09 Å². The van der Waals surface area contributed by atoms with Crippen molar-refractivity contribution in [2.24, 2.45) is 0 Å². The average molecular weight is 397 g/mol. The van der Waals surface area contributed by atoms with E-state index >= 15 is 0 Å². The van der Waals surface area contributed by atoms with Gasteiger partial charge in [0.05, 0.1) is 35.1 Å². The number of sulfonamides is 1. The first-order valence-electron chi connectivity index (χ1n) is 7.04. The van der Waals surface area contributed by atoms with Crippen LogP contribution in [0.5, 0.6) is 0 Å². The molecule has 0 unspecified atom stereocenters. The smallest absolute Gasteiger partial charge is 0.407 e. The first kappa shape index (κ1) is 19.0. The van der Waals surface area contributed by atoms with Gasteiger partial charge in [-0.3, -0.25) is 0 Å². The minimum absolute atomic E-state index is 0.0499. The Balaban J connectivity index is 2.18. The van der Waals surface area contributed by atoms with Crippen molar-refractivity contribution in [1.29, 1.82) is 0 Å². The zero-order chi connectivity index (χ0) is 18.0. The minimum atomic E-state index is -3.96. The summed E-state index contributed by atoms with van der Waals surface area (Å²) in [5.41, 5.74) is 0. The van der Waals surface area contributed by atoms with Gasteiger partial charge in [0.25, 0.3) is 0 Å². The van der Waals surface area contributed by atoms with Crippen molar-refractivity contribution in [2.75, 3.05) is 18.1 Å². The molecule has 0 aliphatic carbocycles. The lowest BCUT2D eigenvalue weighted by Gasteiger charge is -2.20. The number of amides is 1. The summed E-state index contributed by atoms with van der Waals surface area (Å²) >= 11 is 5.72. The van der Waals surface area contributed by atoms with Gasteiger partial charge in [0, 0.05) is 5.02 Å². The Morgan fingerprint density at radius 2 is 1.83 bits per heavy atom. The van der Waals surface area contributed by atoms with Crippen molar-refractivity contribution in [3.63, 3.8) is 0 Å². The van der Waals surface area contributed by atoms with Crippen molar-refractivity contribution in [1.82, 2.24) is 10.0 Å². The van der Waals surface area contributed by atoms with Crippen LogP contribution in [0.4, 0.5) is 4.79 Å². The van der Waals surface area contributed by atoms with E-state index in [-0.39, 0.29) is 17.3 Å². The monoisotopic (exact) mass is 396 g/mol. The minimum Gasteiger partial charge on any atom is -0.450 e. The molecule has 0 aromatic heterocycles. The summed E-state index contributed by atoms with van der Waals surface area (Å²) < 4.78 is 55.4. The number of alkyl carbamates (subject to hydrolysis) is 1. The van der Waals surface area contributed by atoms with Crippen LogP contribution in [0.15, 0.2) is 29.2 Å². The fourth-order valence-corrected chi connectivity index (χ4v) is 5.68. The lowest BCUT2D eigenvalue weighted by atomic mass is 10.2. The Morgan fingerprint density at radius 1 is 1.25 bits per heavy atom. The molecule has 1 aromatic carbocycles. The molecule has 0 spiro atoms. The molecule has 1 saturated heterocycles. The van der Waals surface area contributed by atoms with Crippen LogP contribution >= 0.6 is 11.6 Å². The lowest BCUT2D eigenvalue weighted by Crippen LogP contribution is -2.50. The molecule has 2 N–H and O–H groups in total. The highest BCUT2D eigenvalue weighted by Gasteiger charge is 2.41. The summed E-state index contributed by atoms with van der Waals surface area (Å²) in [6.45, 7) is 1.72. The van der Waals surface area contributed by atoms with Crippen LogP contribution in [0.1, 0.15) is 6.92 Å². The van der Waals surface area contributed by atoms with E-state index < -0.39 is 43.8 Å². The van der Waals surface area contributed by atoms with Crippen LogP contribution in [-0.2, 0) is 24.6 Å². The zero-order valence-electron chi connectivity index (χ0n) is 12.7. The highest BCUT2D eigenvalue weighted by atomic mass is 35.5. The molecule has 1 amide bonds. The van der Waals surface area contributed by atoms with Crippen molar-refractivity contribution < 1.29 is 26.4 Å². The van der Waals surface area contributed by atoms with Crippen molar-refractivity contribution in [3.05, 3.63) is 29.3 Å². The number of carbonyl (C=O) groups is 1. The van der Waals surface area contributed by atoms with E-state index in [0.29, 0.717) is 5.02 Å². The molecule has 0 radical (unpaired) electrons. The standard InChI is InChI=1S/C13H17ClN2O6S2/c1-2-22-13(17)15-11-7-23(18,19)8-12(11)16-24(20,21)10-5-3-9(14)4-6-10/h3-6,11-12,16H,2,7-8H2,1H3,(H,15,17)/t11-,12-/m0/s1. The second-order valence-electron chi connectivity index (χ2n) is 5.23. The number of sulfone groups is 1. The van der Waals surface area contributed by atoms with Gasteiger partial charge in [0.2, 0.25) is 10.0 Å². The SMILES string of the molecule is CCOC(=O)N[C@H]1CS(=O)(=O)C[C@@H]1NS(=O)(=O)c1ccc(Cl)cc1. The maximum atomic E-state index is 12.4. The average Bonchev–Trinajstić information content (AvgIpc) is 2.72. The van der Waals surface area contributed by atoms with Crippen LogP contribution in [0, 0.1) is 0 Å². The molecule has 134 valence electrons. The van der Waals surface area contributed by atoms with E-state index in [9.17, 15) is 21.6 Å². The van der Waals surface area contributed by atoms with Crippen molar-refractivity contribution in [2.45, 2.75) is 23.9 Å². The maximum Gasteiger partial charge on any atom is 0.407 e. The molecule has 1 fully saturated rings. The summed E-state index contributed by atoms with van der Waals surface area (Å²) in [6, 6.07) is 3.55. The topological polar surface area (TPSA) is 119 Å². The molecule has 2 atom stereocenters. The van der Waals surface area contributed by atoms with Crippen LogP contribution in [0.3, 0.4) is 0 Å². The Kier molecular flexibility index (Phi) is 5.74. The predicted molar refractivity (Wildman–Crippen MR) is 88.2 cm³/mol. The third-order valence-electron chi connectivity index (χ3n) is 3.36. The molecule has 24 heavy (non-hydrogen) atoms. The fraction of sp³-hybridized carbons (Fsp3) is 0.462. The van der Waals surface area contributed by atoms with Gasteiger partial charge in [0.15, 0.2) is 9.84 Å². The van der Waals surface area contributed by atoms with E-state index in [0.717, 1.165) is 0 Å². The maximum absolute atomic E-state index is 12.4. The largest absolute Gasteiger partial charge is 0.450 e. The summed E-state index contributed by atoms with van der Waals surface area (Å²) in [5, 5.41) is 2.75. The molecule has 11 heteroatoms. The summed E-state index contributed by atoms with van der Waals surface area (Å²) in [7, 11) is -7.44. The number of hydrogen-bond acceptors (Lipinski definition) is 6. The van der Waals surface area contributed by atoms with E-state index in [2.05, 4.69) is 10.0 Å². The summed E-state index contributed by atoms with van der Waals surface area (Å²) in [4.78, 5) is 11.5. The van der Waals surface area contributed by atoms with E-state index in [1.807, 2.05) is 0 Å². The number of ether oxygens (including phenoxy) is 1. The van der Waals surface area contributed by atoms with Gasteiger partial charge in [-0.2, -0.15) is 0 Å². The third-order valence-corrected chi connectivity index (χ3v) is 6.85. The van der Waals surface area contributed by atoms with Gasteiger partial charge in [-0.25, -0.2) is 26.4 Å². The van der Waals surface area contributed by atoms with Crippen LogP contribution in [-0.4, -0.2) is 53.1 Å². The number of benzene rings is 1. The Morgan fingerprint density at radius 3 is 2.42 bits per heavy atom. The third kappa shape index (κ3) is 4.82. The summed E-state index contributed by atoms with van der Waals surface area (Å²) in [6.07, 6.45) is -0.796. The van der Waals surface area contributed by atoms with Gasteiger partial charge in [-0.15, -0.1) is 0 Å². The number of carbonyl (C=O) groups excluding carboxylic acids is 1. The van der Waals surface area contributed by atoms with Gasteiger partial charge in [-0.1, -0.05) is 11.6 Å². The van der Waals surface area contributed by atoms with Crippen LogP contribution in [0.2, 0.25) is 5.02 Å². The van der Waals surface area contributed by atoms with Gasteiger partial charge in [0.1, 0.15) is 0 Å². The molecule has 0 saturated carbocycles. The predicted octanol–water partition coefficient (Wildman–Crippen LogP) is 0.530. The van der Waals surface area contributed by atoms with E-state index in [1.54, 1.807) is 6.92 Å². The summed E-state index contributed by atoms with van der Waals surface area (Å²) in [5.74, 6) is -0.767.